The summed E-state index contributed by atoms with van der Waals surface area (Å²) in [5.74, 6) is 0. The predicted molar refractivity (Wildman–Crippen MR) is 74.8 cm³/mol. The number of likely N-dealkylation sites (N-methyl/N-ethyl adjacent to an activating group) is 1. The Bertz CT molecular complexity index is 532. The van der Waals surface area contributed by atoms with E-state index >= 15 is 0 Å². The van der Waals surface area contributed by atoms with Crippen LogP contribution in [0.15, 0.2) is 29.4 Å². The number of hydrogen-bond donors (Lipinski definition) is 1. The Morgan fingerprint density at radius 3 is 2.65 bits per heavy atom. The van der Waals surface area contributed by atoms with E-state index in [1.807, 2.05) is 6.07 Å². The van der Waals surface area contributed by atoms with Gasteiger partial charge in [-0.05, 0) is 25.2 Å². The van der Waals surface area contributed by atoms with E-state index in [-0.39, 0.29) is 0 Å². The molecule has 0 aliphatic carbocycles. The van der Waals surface area contributed by atoms with Crippen LogP contribution in [-0.2, 0) is 4.79 Å². The third-order valence-corrected chi connectivity index (χ3v) is 3.26. The van der Waals surface area contributed by atoms with Crippen molar-refractivity contribution in [2.75, 3.05) is 43.1 Å². The van der Waals surface area contributed by atoms with Gasteiger partial charge in [0, 0.05) is 31.9 Å². The van der Waals surface area contributed by atoms with Crippen LogP contribution >= 0.6 is 0 Å². The Morgan fingerprint density at radius 1 is 1.35 bits per heavy atom. The molecule has 0 unspecified atom stereocenters. The summed E-state index contributed by atoms with van der Waals surface area (Å²) in [5, 5.41) is 12.8. The number of amides is 1. The maximum Gasteiger partial charge on any atom is 0.433 e. The molecule has 1 heterocycles. The first-order valence-electron chi connectivity index (χ1n) is 6.26. The van der Waals surface area contributed by atoms with E-state index in [2.05, 4.69) is 21.9 Å². The van der Waals surface area contributed by atoms with Gasteiger partial charge in [0.05, 0.1) is 5.69 Å². The largest absolute Gasteiger partial charge is 0.463 e. The van der Waals surface area contributed by atoms with Crippen LogP contribution in [0, 0.1) is 0 Å². The molecule has 1 N–H and O–H groups in total. The van der Waals surface area contributed by atoms with E-state index in [1.165, 1.54) is 6.08 Å². The van der Waals surface area contributed by atoms with Crippen molar-refractivity contribution in [3.8, 4) is 0 Å². The second-order valence-electron chi connectivity index (χ2n) is 4.60. The normalized spacial score (nSPS) is 15.6. The Kier molecular flexibility index (Phi) is 4.34. The van der Waals surface area contributed by atoms with Crippen molar-refractivity contribution >= 4 is 23.5 Å². The van der Waals surface area contributed by atoms with Crippen molar-refractivity contribution in [1.82, 2.24) is 4.90 Å². The molecule has 1 fully saturated rings. The molecule has 0 radical (unpaired) electrons. The molecular formula is C13H16N4O3. The molecule has 0 bridgehead atoms. The number of hydrogen-bond acceptors (Lipinski definition) is 5. The maximum absolute atomic E-state index is 11.1. The van der Waals surface area contributed by atoms with E-state index in [0.717, 1.165) is 31.9 Å². The van der Waals surface area contributed by atoms with E-state index in [1.54, 1.807) is 18.2 Å². The summed E-state index contributed by atoms with van der Waals surface area (Å²) < 4.78 is 0. The fourth-order valence-electron chi connectivity index (χ4n) is 2.14. The minimum absolute atomic E-state index is 0.331. The molecule has 0 saturated carbocycles. The molecule has 1 aromatic carbocycles. The fourth-order valence-corrected chi connectivity index (χ4v) is 2.14. The average molecular weight is 276 g/mol. The van der Waals surface area contributed by atoms with E-state index < -0.39 is 6.09 Å². The molecular weight excluding hydrogens is 260 g/mol. The van der Waals surface area contributed by atoms with E-state index in [0.29, 0.717) is 10.7 Å². The van der Waals surface area contributed by atoms with Crippen LogP contribution in [-0.4, -0.2) is 55.4 Å². The second kappa shape index (κ2) is 6.18. The highest BCUT2D eigenvalue weighted by Gasteiger charge is 2.17. The predicted octanol–water partition coefficient (Wildman–Crippen LogP) is 1.17. The summed E-state index contributed by atoms with van der Waals surface area (Å²) in [6.45, 7) is 3.67. The van der Waals surface area contributed by atoms with Crippen molar-refractivity contribution in [3.05, 3.63) is 24.3 Å². The molecule has 0 atom stereocenters. The highest BCUT2D eigenvalue weighted by Crippen LogP contribution is 2.23. The quantitative estimate of drug-likeness (QED) is 0.509. The number of hydrazone groups is 1. The van der Waals surface area contributed by atoms with Gasteiger partial charge >= 0.3 is 6.09 Å². The van der Waals surface area contributed by atoms with Gasteiger partial charge in [0.2, 0.25) is 0 Å². The number of isocyanates is 1. The van der Waals surface area contributed by atoms with E-state index in [4.69, 9.17) is 5.11 Å². The van der Waals surface area contributed by atoms with Gasteiger partial charge in [-0.1, -0.05) is 11.2 Å². The summed E-state index contributed by atoms with van der Waals surface area (Å²) in [7, 11) is 2.07. The molecule has 2 rings (SSSR count). The number of piperazine rings is 1. The first-order chi connectivity index (χ1) is 9.61. The van der Waals surface area contributed by atoms with Crippen LogP contribution < -0.4 is 9.91 Å². The molecule has 1 aliphatic heterocycles. The summed E-state index contributed by atoms with van der Waals surface area (Å²) in [4.78, 5) is 25.8. The van der Waals surface area contributed by atoms with E-state index in [9.17, 15) is 9.59 Å². The maximum atomic E-state index is 11.1. The van der Waals surface area contributed by atoms with Gasteiger partial charge in [0.15, 0.2) is 0 Å². The molecule has 1 aliphatic rings. The number of rotatable bonds is 3. The van der Waals surface area contributed by atoms with Crippen LogP contribution in [0.1, 0.15) is 0 Å². The number of benzene rings is 1. The highest BCUT2D eigenvalue weighted by molar-refractivity contribution is 5.86. The smallest absolute Gasteiger partial charge is 0.433 e. The fraction of sp³-hybridized carbons (Fsp3) is 0.385. The molecule has 1 amide bonds. The van der Waals surface area contributed by atoms with Gasteiger partial charge in [0.25, 0.3) is 6.08 Å². The molecule has 1 aromatic rings. The van der Waals surface area contributed by atoms with Crippen LogP contribution in [0.4, 0.5) is 16.2 Å². The number of carboxylic acid groups (broad SMARTS) is 1. The SMILES string of the molecule is CN1CCN(c2cccc(N(N=C=O)C(=O)O)c2)CC1. The summed E-state index contributed by atoms with van der Waals surface area (Å²) in [6, 6.07) is 6.97. The lowest BCUT2D eigenvalue weighted by Crippen LogP contribution is -2.44. The number of carbonyl (C=O) groups excluding carboxylic acids is 1. The Morgan fingerprint density at radius 2 is 2.05 bits per heavy atom. The zero-order valence-corrected chi connectivity index (χ0v) is 11.2. The number of nitrogens with zero attached hydrogens (tertiary/aromatic N) is 4. The lowest BCUT2D eigenvalue weighted by molar-refractivity contribution is 0.202. The molecule has 20 heavy (non-hydrogen) atoms. The Labute approximate surface area is 116 Å². The lowest BCUT2D eigenvalue weighted by atomic mass is 10.2. The molecule has 0 spiro atoms. The standard InChI is InChI=1S/C13H16N4O3/c1-15-5-7-16(8-6-15)11-3-2-4-12(9-11)17(13(19)20)14-10-18/h2-4,9H,5-8H2,1H3,(H,19,20). The minimum atomic E-state index is -1.32. The minimum Gasteiger partial charge on any atom is -0.463 e. The van der Waals surface area contributed by atoms with Crippen LogP contribution in [0.25, 0.3) is 0 Å². The van der Waals surface area contributed by atoms with Crippen molar-refractivity contribution in [2.24, 2.45) is 5.10 Å². The van der Waals surface area contributed by atoms with Crippen LogP contribution in [0.3, 0.4) is 0 Å². The summed E-state index contributed by atoms with van der Waals surface area (Å²) in [6.07, 6.45) is -0.0636. The zero-order chi connectivity index (χ0) is 14.5. The number of anilines is 2. The van der Waals surface area contributed by atoms with Crippen LogP contribution in [0.2, 0.25) is 0 Å². The third-order valence-electron chi connectivity index (χ3n) is 3.26. The third kappa shape index (κ3) is 3.14. The van der Waals surface area contributed by atoms with Gasteiger partial charge in [0.1, 0.15) is 0 Å². The van der Waals surface area contributed by atoms with Gasteiger partial charge in [-0.2, -0.15) is 5.01 Å². The average Bonchev–Trinajstić information content (AvgIpc) is 2.45. The molecule has 106 valence electrons. The summed E-state index contributed by atoms with van der Waals surface area (Å²) >= 11 is 0. The second-order valence-corrected chi connectivity index (χ2v) is 4.60. The van der Waals surface area contributed by atoms with Crippen molar-refractivity contribution < 1.29 is 14.7 Å². The topological polar surface area (TPSA) is 76.5 Å². The van der Waals surface area contributed by atoms with Crippen LogP contribution in [0.5, 0.6) is 0 Å². The number of carbonyl (C=O) groups is 1. The molecule has 7 heteroatoms. The van der Waals surface area contributed by atoms with Gasteiger partial charge in [-0.15, -0.1) is 0 Å². The van der Waals surface area contributed by atoms with Crippen molar-refractivity contribution in [3.63, 3.8) is 0 Å². The van der Waals surface area contributed by atoms with Crippen molar-refractivity contribution in [1.29, 1.82) is 0 Å². The first kappa shape index (κ1) is 14.0. The molecule has 1 saturated heterocycles. The molecule has 0 aromatic heterocycles. The summed E-state index contributed by atoms with van der Waals surface area (Å²) in [5.41, 5.74) is 1.25. The van der Waals surface area contributed by atoms with Gasteiger partial charge < -0.3 is 14.9 Å². The Balaban J connectivity index is 2.23. The Hall–Kier alpha value is -2.37. The van der Waals surface area contributed by atoms with Gasteiger partial charge in [-0.25, -0.2) is 9.59 Å². The van der Waals surface area contributed by atoms with Crippen molar-refractivity contribution in [2.45, 2.75) is 0 Å². The highest BCUT2D eigenvalue weighted by atomic mass is 16.4. The van der Waals surface area contributed by atoms with Gasteiger partial charge in [-0.3, -0.25) is 0 Å². The lowest BCUT2D eigenvalue weighted by Gasteiger charge is -2.34. The first-order valence-corrected chi connectivity index (χ1v) is 6.26. The monoisotopic (exact) mass is 276 g/mol. The zero-order valence-electron chi connectivity index (χ0n) is 11.2. The molecule has 7 nitrogen and oxygen atoms in total.